The van der Waals surface area contributed by atoms with Crippen LogP contribution < -0.4 is 0 Å². The monoisotopic (exact) mass is 304 g/mol. The van der Waals surface area contributed by atoms with Crippen LogP contribution in [0.25, 0.3) is 0 Å². The highest BCUT2D eigenvalue weighted by molar-refractivity contribution is 5.38. The molecule has 4 heteroatoms. The van der Waals surface area contributed by atoms with E-state index in [1.165, 1.54) is 6.42 Å². The Balaban J connectivity index is 1.92. The van der Waals surface area contributed by atoms with Crippen LogP contribution in [0.3, 0.4) is 0 Å². The summed E-state index contributed by atoms with van der Waals surface area (Å²) in [6.45, 7) is 7.37. The zero-order valence-electron chi connectivity index (χ0n) is 13.5. The molecule has 1 aliphatic carbocycles. The van der Waals surface area contributed by atoms with Crippen molar-refractivity contribution < 1.29 is 19.6 Å². The number of aromatic hydroxyl groups is 1. The molecule has 0 radical (unpaired) electrons. The predicted octanol–water partition coefficient (Wildman–Crippen LogP) is 3.88. The highest BCUT2D eigenvalue weighted by Crippen LogP contribution is 2.74. The maximum absolute atomic E-state index is 9.89. The van der Waals surface area contributed by atoms with E-state index in [4.69, 9.17) is 14.5 Å². The predicted molar refractivity (Wildman–Crippen MR) is 81.0 cm³/mol. The summed E-state index contributed by atoms with van der Waals surface area (Å²) in [5.41, 5.74) is 0.275. The Bertz CT molecular complexity index is 613. The topological polar surface area (TPSA) is 47.9 Å². The maximum atomic E-state index is 9.89. The van der Waals surface area contributed by atoms with Crippen molar-refractivity contribution in [2.75, 3.05) is 6.61 Å². The third-order valence-electron chi connectivity index (χ3n) is 6.36. The summed E-state index contributed by atoms with van der Waals surface area (Å²) >= 11 is 0. The summed E-state index contributed by atoms with van der Waals surface area (Å²) in [5.74, 6) is -0.671. The number of phenolic OH excluding ortho intramolecular Hbond substituents is 1. The highest BCUT2D eigenvalue weighted by Gasteiger charge is 2.84. The van der Waals surface area contributed by atoms with Gasteiger partial charge in [0.2, 0.25) is 0 Å². The molecule has 4 nitrogen and oxygen atoms in total. The van der Waals surface area contributed by atoms with Gasteiger partial charge < -0.3 is 9.84 Å². The van der Waals surface area contributed by atoms with Crippen molar-refractivity contribution in [1.29, 1.82) is 0 Å². The van der Waals surface area contributed by atoms with E-state index in [2.05, 4.69) is 20.8 Å². The molecule has 22 heavy (non-hydrogen) atoms. The Kier molecular flexibility index (Phi) is 2.80. The number of benzene rings is 1. The number of hydrogen-bond donors (Lipinski definition) is 1. The molecule has 1 aromatic rings. The first-order valence-corrected chi connectivity index (χ1v) is 8.23. The summed E-state index contributed by atoms with van der Waals surface area (Å²) in [6.07, 6.45) is 4.37. The first-order valence-electron chi connectivity index (χ1n) is 8.23. The molecule has 4 rings (SSSR count). The van der Waals surface area contributed by atoms with E-state index < -0.39 is 11.4 Å². The van der Waals surface area contributed by atoms with Gasteiger partial charge in [-0.2, -0.15) is 4.89 Å². The first kappa shape index (κ1) is 14.5. The molecule has 0 aromatic heterocycles. The molecule has 2 saturated heterocycles. The second-order valence-electron chi connectivity index (χ2n) is 7.67. The van der Waals surface area contributed by atoms with Crippen LogP contribution in [0.4, 0.5) is 0 Å². The minimum atomic E-state index is -0.897. The highest BCUT2D eigenvalue weighted by atomic mass is 17.3. The van der Waals surface area contributed by atoms with Crippen molar-refractivity contribution in [2.45, 2.75) is 57.8 Å². The van der Waals surface area contributed by atoms with Gasteiger partial charge in [0.1, 0.15) is 5.75 Å². The molecule has 2 heterocycles. The van der Waals surface area contributed by atoms with E-state index >= 15 is 0 Å². The van der Waals surface area contributed by atoms with Crippen LogP contribution in [-0.2, 0) is 20.3 Å². The first-order chi connectivity index (χ1) is 10.4. The Morgan fingerprint density at radius 3 is 2.64 bits per heavy atom. The molecule has 1 aromatic carbocycles. The van der Waals surface area contributed by atoms with Crippen LogP contribution in [-0.4, -0.2) is 17.3 Å². The standard InChI is InChI=1S/C18H24O4/c1-4-16-10-6-9-15(2,3)18(16)17(20-12-16,21-22-18)13-7-5-8-14(19)11-13/h5,7-8,11,19H,4,6,9-10,12H2,1-3H3/t16-,17-,18-/m0/s1. The van der Waals surface area contributed by atoms with Gasteiger partial charge in [-0.25, -0.2) is 4.89 Å². The van der Waals surface area contributed by atoms with E-state index in [0.29, 0.717) is 6.61 Å². The fourth-order valence-corrected chi connectivity index (χ4v) is 5.25. The van der Waals surface area contributed by atoms with E-state index in [1.54, 1.807) is 12.1 Å². The third kappa shape index (κ3) is 1.35. The third-order valence-corrected chi connectivity index (χ3v) is 6.36. The fraction of sp³-hybridized carbons (Fsp3) is 0.667. The number of rotatable bonds is 2. The molecule has 0 amide bonds. The summed E-state index contributed by atoms with van der Waals surface area (Å²) < 4.78 is 6.29. The lowest BCUT2D eigenvalue weighted by Crippen LogP contribution is -2.75. The molecule has 1 saturated carbocycles. The van der Waals surface area contributed by atoms with Gasteiger partial charge in [0, 0.05) is 16.4 Å². The lowest BCUT2D eigenvalue weighted by atomic mass is 9.49. The van der Waals surface area contributed by atoms with Crippen LogP contribution in [0.1, 0.15) is 52.0 Å². The van der Waals surface area contributed by atoms with E-state index in [-0.39, 0.29) is 16.6 Å². The molecule has 120 valence electrons. The van der Waals surface area contributed by atoms with E-state index in [1.807, 2.05) is 12.1 Å². The Morgan fingerprint density at radius 2 is 2.00 bits per heavy atom. The molecule has 0 bridgehead atoms. The summed E-state index contributed by atoms with van der Waals surface area (Å²) in [4.78, 5) is 11.6. The average Bonchev–Trinajstić information content (AvgIpc) is 2.66. The number of phenols is 1. The molecule has 3 aliphatic rings. The molecule has 3 atom stereocenters. The van der Waals surface area contributed by atoms with Crippen molar-refractivity contribution in [3.63, 3.8) is 0 Å². The van der Waals surface area contributed by atoms with Crippen molar-refractivity contribution in [3.05, 3.63) is 29.8 Å². The van der Waals surface area contributed by atoms with E-state index in [0.717, 1.165) is 24.8 Å². The molecule has 1 spiro atoms. The molecule has 3 fully saturated rings. The molecule has 0 unspecified atom stereocenters. The van der Waals surface area contributed by atoms with Gasteiger partial charge in [-0.1, -0.05) is 39.3 Å². The largest absolute Gasteiger partial charge is 0.508 e. The lowest BCUT2D eigenvalue weighted by Gasteiger charge is -2.65. The van der Waals surface area contributed by atoms with Gasteiger partial charge in [0.25, 0.3) is 5.79 Å². The van der Waals surface area contributed by atoms with Gasteiger partial charge in [-0.3, -0.25) is 0 Å². The van der Waals surface area contributed by atoms with Gasteiger partial charge >= 0.3 is 0 Å². The minimum absolute atomic E-state index is 0.0293. The second-order valence-corrected chi connectivity index (χ2v) is 7.67. The van der Waals surface area contributed by atoms with Crippen molar-refractivity contribution in [2.24, 2.45) is 10.8 Å². The van der Waals surface area contributed by atoms with Crippen molar-refractivity contribution >= 4 is 0 Å². The van der Waals surface area contributed by atoms with Crippen LogP contribution >= 0.6 is 0 Å². The lowest BCUT2D eigenvalue weighted by molar-refractivity contribution is -0.631. The van der Waals surface area contributed by atoms with Gasteiger partial charge in [0.05, 0.1) is 6.61 Å². The number of hydrogen-bond acceptors (Lipinski definition) is 4. The fourth-order valence-electron chi connectivity index (χ4n) is 5.25. The van der Waals surface area contributed by atoms with Crippen LogP contribution in [0.15, 0.2) is 24.3 Å². The van der Waals surface area contributed by atoms with E-state index in [9.17, 15) is 5.11 Å². The Morgan fingerprint density at radius 1 is 1.18 bits per heavy atom. The van der Waals surface area contributed by atoms with Crippen molar-refractivity contribution in [3.8, 4) is 5.75 Å². The molecular formula is C18H24O4. The molecule has 2 aliphatic heterocycles. The van der Waals surface area contributed by atoms with Gasteiger partial charge in [-0.15, -0.1) is 0 Å². The maximum Gasteiger partial charge on any atom is 0.261 e. The second kappa shape index (κ2) is 4.25. The summed E-state index contributed by atoms with van der Waals surface area (Å²) in [7, 11) is 0. The van der Waals surface area contributed by atoms with Crippen molar-refractivity contribution in [1.82, 2.24) is 0 Å². The van der Waals surface area contributed by atoms with Gasteiger partial charge in [-0.05, 0) is 31.4 Å². The zero-order valence-corrected chi connectivity index (χ0v) is 13.5. The average molecular weight is 304 g/mol. The SMILES string of the molecule is CC[C@@]12CCCC(C)(C)[C@]13OO[C@]3(c1cccc(O)c1)OC2. The van der Waals surface area contributed by atoms with Crippen LogP contribution in [0, 0.1) is 10.8 Å². The number of ether oxygens (including phenoxy) is 1. The smallest absolute Gasteiger partial charge is 0.261 e. The Hall–Kier alpha value is -1.10. The van der Waals surface area contributed by atoms with Crippen LogP contribution in [0.5, 0.6) is 5.75 Å². The quantitative estimate of drug-likeness (QED) is 0.842. The molecular weight excluding hydrogens is 280 g/mol. The van der Waals surface area contributed by atoms with Gasteiger partial charge in [0.15, 0.2) is 5.60 Å². The zero-order chi connectivity index (χ0) is 15.6. The van der Waals surface area contributed by atoms with Crippen LogP contribution in [0.2, 0.25) is 0 Å². The Labute approximate surface area is 131 Å². The summed E-state index contributed by atoms with van der Waals surface area (Å²) in [5, 5.41) is 9.89. The molecule has 1 N–H and O–H groups in total. The normalized spacial score (nSPS) is 42.3. The minimum Gasteiger partial charge on any atom is -0.508 e. The summed E-state index contributed by atoms with van der Waals surface area (Å²) in [6, 6.07) is 7.20.